The van der Waals surface area contributed by atoms with Crippen molar-refractivity contribution in [3.8, 4) is 11.5 Å². The number of hydrogen-bond acceptors (Lipinski definition) is 5. The van der Waals surface area contributed by atoms with Gasteiger partial charge < -0.3 is 24.4 Å². The lowest BCUT2D eigenvalue weighted by Gasteiger charge is -2.38. The summed E-state index contributed by atoms with van der Waals surface area (Å²) in [5, 5.41) is 2.89. The van der Waals surface area contributed by atoms with Gasteiger partial charge in [-0.2, -0.15) is 0 Å². The molecule has 0 bridgehead atoms. The fraction of sp³-hybridized carbons (Fsp3) is 0.333. The number of likely N-dealkylation sites (tertiary alicyclic amines) is 1. The summed E-state index contributed by atoms with van der Waals surface area (Å²) in [4.78, 5) is 26.7. The molecule has 2 aromatic carbocycles. The molecule has 146 valence electrons. The fourth-order valence-corrected chi connectivity index (χ4v) is 3.97. The Balaban J connectivity index is 1.47. The topological polar surface area (TPSA) is 77.1 Å². The summed E-state index contributed by atoms with van der Waals surface area (Å²) in [5.74, 6) is 0.743. The zero-order valence-corrected chi connectivity index (χ0v) is 15.9. The Hall–Kier alpha value is -3.22. The van der Waals surface area contributed by atoms with Crippen molar-refractivity contribution in [2.75, 3.05) is 32.6 Å². The van der Waals surface area contributed by atoms with Crippen LogP contribution in [-0.4, -0.2) is 44.2 Å². The largest absolute Gasteiger partial charge is 0.493 e. The van der Waals surface area contributed by atoms with Crippen molar-refractivity contribution in [1.29, 1.82) is 0 Å². The highest BCUT2D eigenvalue weighted by molar-refractivity contribution is 5.95. The van der Waals surface area contributed by atoms with Crippen LogP contribution in [-0.2, 0) is 10.3 Å². The first-order chi connectivity index (χ1) is 13.6. The number of rotatable bonds is 3. The molecular formula is C21H22N2O5. The van der Waals surface area contributed by atoms with Gasteiger partial charge in [-0.15, -0.1) is 0 Å². The molecule has 0 unspecified atom stereocenters. The molecule has 1 saturated heterocycles. The van der Waals surface area contributed by atoms with E-state index in [1.54, 1.807) is 36.3 Å². The number of methoxy groups -OCH3 is 2. The summed E-state index contributed by atoms with van der Waals surface area (Å²) in [5.41, 5.74) is 1.47. The van der Waals surface area contributed by atoms with E-state index in [2.05, 4.69) is 5.32 Å². The Bertz CT molecular complexity index is 919. The molecule has 0 atom stereocenters. The molecular weight excluding hydrogens is 360 g/mol. The van der Waals surface area contributed by atoms with Crippen LogP contribution in [0.5, 0.6) is 11.5 Å². The van der Waals surface area contributed by atoms with Gasteiger partial charge in [0.2, 0.25) is 0 Å². The Morgan fingerprint density at radius 3 is 2.54 bits per heavy atom. The normalized spacial score (nSPS) is 17.1. The van der Waals surface area contributed by atoms with E-state index in [4.69, 9.17) is 14.2 Å². The van der Waals surface area contributed by atoms with Crippen molar-refractivity contribution >= 4 is 17.7 Å². The summed E-state index contributed by atoms with van der Waals surface area (Å²) in [6, 6.07) is 12.6. The highest BCUT2D eigenvalue weighted by Crippen LogP contribution is 2.44. The van der Waals surface area contributed by atoms with Gasteiger partial charge in [0, 0.05) is 31.5 Å². The Labute approximate surface area is 163 Å². The molecule has 1 fully saturated rings. The van der Waals surface area contributed by atoms with Crippen LogP contribution in [0.4, 0.5) is 10.5 Å². The molecule has 1 spiro atoms. The molecule has 0 radical (unpaired) electrons. The number of benzene rings is 2. The molecule has 7 nitrogen and oxygen atoms in total. The number of carbonyl (C=O) groups is 2. The van der Waals surface area contributed by atoms with Gasteiger partial charge in [-0.25, -0.2) is 9.59 Å². The standard InChI is InChI=1S/C21H22N2O5/c1-26-17-9-5-8-16(18(17)27-2)22-20(25)23-12-10-21(11-13-23)15-7-4-3-6-14(15)19(24)28-21/h3-9H,10-13H2,1-2H3,(H,22,25). The van der Waals surface area contributed by atoms with E-state index < -0.39 is 5.60 Å². The summed E-state index contributed by atoms with van der Waals surface area (Å²) >= 11 is 0. The molecule has 2 amide bonds. The van der Waals surface area contributed by atoms with Gasteiger partial charge in [0.1, 0.15) is 5.60 Å². The van der Waals surface area contributed by atoms with Crippen LogP contribution in [0.15, 0.2) is 42.5 Å². The number of nitrogens with zero attached hydrogens (tertiary/aromatic N) is 1. The molecule has 28 heavy (non-hydrogen) atoms. The molecule has 2 aliphatic heterocycles. The maximum atomic E-state index is 12.8. The predicted octanol–water partition coefficient (Wildman–Crippen LogP) is 3.40. The monoisotopic (exact) mass is 382 g/mol. The third kappa shape index (κ3) is 2.93. The van der Waals surface area contributed by atoms with Gasteiger partial charge in [-0.3, -0.25) is 0 Å². The predicted molar refractivity (Wildman–Crippen MR) is 103 cm³/mol. The van der Waals surface area contributed by atoms with Crippen molar-refractivity contribution in [3.05, 3.63) is 53.6 Å². The Morgan fingerprint density at radius 2 is 1.82 bits per heavy atom. The van der Waals surface area contributed by atoms with Crippen molar-refractivity contribution in [2.45, 2.75) is 18.4 Å². The number of carbonyl (C=O) groups excluding carboxylic acids is 2. The number of esters is 1. The Morgan fingerprint density at radius 1 is 1.07 bits per heavy atom. The quantitative estimate of drug-likeness (QED) is 0.824. The van der Waals surface area contributed by atoms with Crippen LogP contribution in [0, 0.1) is 0 Å². The van der Waals surface area contributed by atoms with Crippen LogP contribution in [0.2, 0.25) is 0 Å². The minimum absolute atomic E-state index is 0.223. The zero-order chi connectivity index (χ0) is 19.7. The lowest BCUT2D eigenvalue weighted by atomic mass is 9.84. The molecule has 0 saturated carbocycles. The highest BCUT2D eigenvalue weighted by Gasteiger charge is 2.47. The first-order valence-electron chi connectivity index (χ1n) is 9.18. The SMILES string of the molecule is COc1cccc(NC(=O)N2CCC3(CC2)OC(=O)c2ccccc23)c1OC. The third-order valence-corrected chi connectivity index (χ3v) is 5.43. The van der Waals surface area contributed by atoms with E-state index in [-0.39, 0.29) is 12.0 Å². The number of ether oxygens (including phenoxy) is 3. The van der Waals surface area contributed by atoms with Crippen LogP contribution >= 0.6 is 0 Å². The zero-order valence-electron chi connectivity index (χ0n) is 15.9. The van der Waals surface area contributed by atoms with Crippen molar-refractivity contribution in [2.24, 2.45) is 0 Å². The second kappa shape index (κ2) is 7.07. The summed E-state index contributed by atoms with van der Waals surface area (Å²) in [6.45, 7) is 0.972. The molecule has 1 N–H and O–H groups in total. The molecule has 2 heterocycles. The highest BCUT2D eigenvalue weighted by atomic mass is 16.6. The van der Waals surface area contributed by atoms with Crippen molar-refractivity contribution in [1.82, 2.24) is 4.90 Å². The number of urea groups is 1. The van der Waals surface area contributed by atoms with Crippen molar-refractivity contribution < 1.29 is 23.8 Å². The van der Waals surface area contributed by atoms with Gasteiger partial charge in [-0.05, 0) is 18.2 Å². The second-order valence-corrected chi connectivity index (χ2v) is 6.89. The maximum absolute atomic E-state index is 12.8. The summed E-state index contributed by atoms with van der Waals surface area (Å²) in [7, 11) is 3.08. The smallest absolute Gasteiger partial charge is 0.339 e. The minimum atomic E-state index is -0.627. The van der Waals surface area contributed by atoms with Crippen molar-refractivity contribution in [3.63, 3.8) is 0 Å². The number of piperidine rings is 1. The lowest BCUT2D eigenvalue weighted by molar-refractivity contribution is -0.0363. The van der Waals surface area contributed by atoms with Crippen LogP contribution < -0.4 is 14.8 Å². The molecule has 7 heteroatoms. The van der Waals surface area contributed by atoms with E-state index in [0.29, 0.717) is 48.7 Å². The number of para-hydroxylation sites is 1. The molecule has 0 aromatic heterocycles. The lowest BCUT2D eigenvalue weighted by Crippen LogP contribution is -2.46. The van der Waals surface area contributed by atoms with Crippen LogP contribution in [0.25, 0.3) is 0 Å². The van der Waals surface area contributed by atoms with Crippen LogP contribution in [0.1, 0.15) is 28.8 Å². The summed E-state index contributed by atoms with van der Waals surface area (Å²) < 4.78 is 16.4. The van der Waals surface area contributed by atoms with Gasteiger partial charge in [0.05, 0.1) is 25.5 Å². The average Bonchev–Trinajstić information content (AvgIpc) is 3.00. The van der Waals surface area contributed by atoms with Gasteiger partial charge in [-0.1, -0.05) is 24.3 Å². The number of hydrogen-bond donors (Lipinski definition) is 1. The molecule has 0 aliphatic carbocycles. The molecule has 2 aromatic rings. The third-order valence-electron chi connectivity index (χ3n) is 5.43. The fourth-order valence-electron chi connectivity index (χ4n) is 3.97. The van der Waals surface area contributed by atoms with E-state index in [9.17, 15) is 9.59 Å². The first-order valence-corrected chi connectivity index (χ1v) is 9.18. The van der Waals surface area contributed by atoms with E-state index >= 15 is 0 Å². The molecule has 2 aliphatic rings. The van der Waals surface area contributed by atoms with Crippen LogP contribution in [0.3, 0.4) is 0 Å². The number of amides is 2. The van der Waals surface area contributed by atoms with Gasteiger partial charge in [0.25, 0.3) is 0 Å². The van der Waals surface area contributed by atoms with E-state index in [1.165, 1.54) is 7.11 Å². The number of fused-ring (bicyclic) bond motifs is 2. The average molecular weight is 382 g/mol. The second-order valence-electron chi connectivity index (χ2n) is 6.89. The minimum Gasteiger partial charge on any atom is -0.493 e. The molecule has 4 rings (SSSR count). The van der Waals surface area contributed by atoms with E-state index in [0.717, 1.165) is 5.56 Å². The summed E-state index contributed by atoms with van der Waals surface area (Å²) in [6.07, 6.45) is 1.14. The van der Waals surface area contributed by atoms with E-state index in [1.807, 2.05) is 18.2 Å². The Kier molecular flexibility index (Phi) is 4.58. The number of nitrogens with one attached hydrogen (secondary N) is 1. The maximum Gasteiger partial charge on any atom is 0.339 e. The number of anilines is 1. The van der Waals surface area contributed by atoms with Gasteiger partial charge in [0.15, 0.2) is 11.5 Å². The van der Waals surface area contributed by atoms with Gasteiger partial charge >= 0.3 is 12.0 Å². The first kappa shape index (κ1) is 18.2.